The van der Waals surface area contributed by atoms with Crippen molar-refractivity contribution in [3.8, 4) is 17.1 Å². The molecule has 2 N–H and O–H groups in total. The lowest BCUT2D eigenvalue weighted by Crippen LogP contribution is -2.03. The molecule has 3 heterocycles. The van der Waals surface area contributed by atoms with Crippen molar-refractivity contribution in [2.75, 3.05) is 0 Å². The van der Waals surface area contributed by atoms with E-state index in [1.165, 1.54) is 6.39 Å². The first-order valence-corrected chi connectivity index (χ1v) is 9.49. The number of nitrogens with one attached hydrogen (secondary N) is 1. The molecule has 146 valence electrons. The SMILES string of the molecule is Cc1cc(N=C(c2ccccc2)c2c(O)[nH]c3ccc(-c4cocn4)cc23)ccn1. The monoisotopic (exact) mass is 394 g/mol. The van der Waals surface area contributed by atoms with Gasteiger partial charge < -0.3 is 14.5 Å². The highest BCUT2D eigenvalue weighted by Crippen LogP contribution is 2.34. The number of fused-ring (bicyclic) bond motifs is 1. The minimum Gasteiger partial charge on any atom is -0.494 e. The van der Waals surface area contributed by atoms with Crippen molar-refractivity contribution in [1.29, 1.82) is 0 Å². The van der Waals surface area contributed by atoms with Crippen LogP contribution in [0.25, 0.3) is 22.2 Å². The van der Waals surface area contributed by atoms with E-state index in [0.29, 0.717) is 11.3 Å². The lowest BCUT2D eigenvalue weighted by molar-refractivity contribution is 0.457. The zero-order valence-corrected chi connectivity index (χ0v) is 16.2. The maximum atomic E-state index is 10.8. The van der Waals surface area contributed by atoms with Gasteiger partial charge in [0.15, 0.2) is 12.3 Å². The molecule has 0 bridgehead atoms. The van der Waals surface area contributed by atoms with E-state index in [1.54, 1.807) is 12.5 Å². The molecular formula is C24H18N4O2. The zero-order valence-electron chi connectivity index (χ0n) is 16.2. The second kappa shape index (κ2) is 7.33. The number of aliphatic imine (C=N–C) groups is 1. The maximum absolute atomic E-state index is 10.8. The van der Waals surface area contributed by atoms with Crippen LogP contribution in [0.2, 0.25) is 0 Å². The maximum Gasteiger partial charge on any atom is 0.199 e. The van der Waals surface area contributed by atoms with Crippen molar-refractivity contribution in [2.45, 2.75) is 6.92 Å². The van der Waals surface area contributed by atoms with Crippen LogP contribution in [0.15, 0.2) is 88.9 Å². The Balaban J connectivity index is 1.77. The van der Waals surface area contributed by atoms with Gasteiger partial charge in [-0.05, 0) is 31.2 Å². The van der Waals surface area contributed by atoms with Crippen LogP contribution in [0.4, 0.5) is 5.69 Å². The Labute approximate surface area is 172 Å². The Kier molecular flexibility index (Phi) is 4.37. The van der Waals surface area contributed by atoms with Gasteiger partial charge in [-0.2, -0.15) is 0 Å². The van der Waals surface area contributed by atoms with Gasteiger partial charge in [-0.3, -0.25) is 4.98 Å². The van der Waals surface area contributed by atoms with Crippen molar-refractivity contribution < 1.29 is 9.52 Å². The lowest BCUT2D eigenvalue weighted by atomic mass is 9.99. The summed E-state index contributed by atoms with van der Waals surface area (Å²) in [6.45, 7) is 1.93. The third-order valence-corrected chi connectivity index (χ3v) is 4.91. The first-order chi connectivity index (χ1) is 14.7. The Morgan fingerprint density at radius 3 is 2.67 bits per heavy atom. The number of benzene rings is 2. The lowest BCUT2D eigenvalue weighted by Gasteiger charge is -2.08. The van der Waals surface area contributed by atoms with Gasteiger partial charge in [0, 0.05) is 33.9 Å². The molecule has 0 aliphatic rings. The summed E-state index contributed by atoms with van der Waals surface area (Å²) in [5, 5.41) is 11.7. The number of nitrogens with zero attached hydrogens (tertiary/aromatic N) is 3. The number of aromatic nitrogens is 3. The average Bonchev–Trinajstić information content (AvgIpc) is 3.40. The summed E-state index contributed by atoms with van der Waals surface area (Å²) in [6, 6.07) is 19.4. The Morgan fingerprint density at radius 1 is 1.03 bits per heavy atom. The molecule has 0 radical (unpaired) electrons. The van der Waals surface area contributed by atoms with E-state index in [9.17, 15) is 5.11 Å². The summed E-state index contributed by atoms with van der Waals surface area (Å²) in [5.41, 5.74) is 6.27. The molecule has 30 heavy (non-hydrogen) atoms. The van der Waals surface area contributed by atoms with E-state index in [1.807, 2.05) is 67.6 Å². The quantitative estimate of drug-likeness (QED) is 0.400. The fourth-order valence-corrected chi connectivity index (χ4v) is 3.52. The van der Waals surface area contributed by atoms with Gasteiger partial charge in [-0.1, -0.05) is 36.4 Å². The molecule has 0 fully saturated rings. The van der Waals surface area contributed by atoms with Crippen LogP contribution in [0, 0.1) is 6.92 Å². The molecule has 6 nitrogen and oxygen atoms in total. The molecule has 5 rings (SSSR count). The molecule has 0 atom stereocenters. The fraction of sp³-hybridized carbons (Fsp3) is 0.0417. The zero-order chi connectivity index (χ0) is 20.5. The molecule has 3 aromatic heterocycles. The highest BCUT2D eigenvalue weighted by molar-refractivity contribution is 6.22. The normalized spacial score (nSPS) is 11.8. The fourth-order valence-electron chi connectivity index (χ4n) is 3.52. The topological polar surface area (TPSA) is 87.3 Å². The largest absolute Gasteiger partial charge is 0.494 e. The number of rotatable bonds is 4. The molecule has 0 saturated carbocycles. The minimum absolute atomic E-state index is 0.0654. The third kappa shape index (κ3) is 3.24. The van der Waals surface area contributed by atoms with Crippen LogP contribution < -0.4 is 0 Å². The molecule has 0 aliphatic carbocycles. The van der Waals surface area contributed by atoms with Gasteiger partial charge in [0.25, 0.3) is 0 Å². The molecule has 2 aromatic carbocycles. The summed E-state index contributed by atoms with van der Waals surface area (Å²) in [7, 11) is 0. The van der Waals surface area contributed by atoms with Crippen LogP contribution in [-0.2, 0) is 0 Å². The molecule has 0 amide bonds. The molecule has 6 heteroatoms. The second-order valence-electron chi connectivity index (χ2n) is 6.96. The van der Waals surface area contributed by atoms with E-state index in [4.69, 9.17) is 9.41 Å². The van der Waals surface area contributed by atoms with E-state index in [0.717, 1.165) is 39.1 Å². The molecular weight excluding hydrogens is 376 g/mol. The number of hydrogen-bond acceptors (Lipinski definition) is 5. The van der Waals surface area contributed by atoms with E-state index in [-0.39, 0.29) is 5.88 Å². The van der Waals surface area contributed by atoms with Crippen molar-refractivity contribution in [3.63, 3.8) is 0 Å². The first kappa shape index (κ1) is 17.9. The molecule has 0 saturated heterocycles. The summed E-state index contributed by atoms with van der Waals surface area (Å²) in [5.74, 6) is 0.0654. The molecule has 5 aromatic rings. The summed E-state index contributed by atoms with van der Waals surface area (Å²) in [6.07, 6.45) is 4.73. The highest BCUT2D eigenvalue weighted by Gasteiger charge is 2.19. The molecule has 0 spiro atoms. The Morgan fingerprint density at radius 2 is 1.90 bits per heavy atom. The van der Waals surface area contributed by atoms with Gasteiger partial charge in [-0.15, -0.1) is 0 Å². The minimum atomic E-state index is 0.0654. The van der Waals surface area contributed by atoms with Crippen molar-refractivity contribution in [3.05, 3.63) is 96.3 Å². The van der Waals surface area contributed by atoms with Crippen molar-refractivity contribution in [1.82, 2.24) is 15.0 Å². The summed E-state index contributed by atoms with van der Waals surface area (Å²) in [4.78, 5) is 16.4. The Bertz CT molecular complexity index is 1350. The van der Waals surface area contributed by atoms with Crippen molar-refractivity contribution >= 4 is 22.3 Å². The second-order valence-corrected chi connectivity index (χ2v) is 6.96. The number of aryl methyl sites for hydroxylation is 1. The van der Waals surface area contributed by atoms with E-state index >= 15 is 0 Å². The summed E-state index contributed by atoms with van der Waals surface area (Å²) >= 11 is 0. The molecule has 0 aliphatic heterocycles. The number of aromatic amines is 1. The first-order valence-electron chi connectivity index (χ1n) is 9.49. The predicted molar refractivity (Wildman–Crippen MR) is 116 cm³/mol. The number of pyridine rings is 1. The van der Waals surface area contributed by atoms with Crippen LogP contribution in [-0.4, -0.2) is 25.8 Å². The van der Waals surface area contributed by atoms with Crippen molar-refractivity contribution in [2.24, 2.45) is 4.99 Å². The standard InChI is InChI=1S/C24H18N4O2/c1-15-11-18(9-10-25-15)27-23(16-5-3-2-4-6-16)22-19-12-17(21-13-30-14-26-21)7-8-20(19)28-24(22)29/h2-14,28-29H,1H3. The van der Waals surface area contributed by atoms with Crippen LogP contribution in [0.3, 0.4) is 0 Å². The number of hydrogen-bond donors (Lipinski definition) is 2. The van der Waals surface area contributed by atoms with Gasteiger partial charge in [-0.25, -0.2) is 9.98 Å². The predicted octanol–water partition coefficient (Wildman–Crippen LogP) is 5.40. The van der Waals surface area contributed by atoms with Gasteiger partial charge >= 0.3 is 0 Å². The number of oxazole rings is 1. The number of aromatic hydroxyl groups is 1. The number of H-pyrrole nitrogens is 1. The van der Waals surface area contributed by atoms with Crippen LogP contribution in [0.1, 0.15) is 16.8 Å². The summed E-state index contributed by atoms with van der Waals surface area (Å²) < 4.78 is 5.13. The smallest absolute Gasteiger partial charge is 0.199 e. The highest BCUT2D eigenvalue weighted by atomic mass is 16.3. The Hall–Kier alpha value is -4.19. The van der Waals surface area contributed by atoms with Gasteiger partial charge in [0.1, 0.15) is 12.0 Å². The van der Waals surface area contributed by atoms with Gasteiger partial charge in [0.2, 0.25) is 0 Å². The van der Waals surface area contributed by atoms with Gasteiger partial charge in [0.05, 0.1) is 17.0 Å². The van der Waals surface area contributed by atoms with E-state index in [2.05, 4.69) is 15.0 Å². The third-order valence-electron chi connectivity index (χ3n) is 4.91. The van der Waals surface area contributed by atoms with Crippen LogP contribution in [0.5, 0.6) is 5.88 Å². The molecule has 0 unspecified atom stereocenters. The van der Waals surface area contributed by atoms with Crippen LogP contribution >= 0.6 is 0 Å². The average molecular weight is 394 g/mol. The van der Waals surface area contributed by atoms with E-state index < -0.39 is 0 Å².